The van der Waals surface area contributed by atoms with Crippen molar-refractivity contribution in [2.75, 3.05) is 0 Å². The van der Waals surface area contributed by atoms with Crippen molar-refractivity contribution in [1.29, 1.82) is 5.26 Å². The summed E-state index contributed by atoms with van der Waals surface area (Å²) in [4.78, 5) is 8.74. The van der Waals surface area contributed by atoms with E-state index in [1.165, 1.54) is 11.1 Å². The zero-order valence-corrected chi connectivity index (χ0v) is 16.0. The second-order valence-electron chi connectivity index (χ2n) is 7.13. The van der Waals surface area contributed by atoms with E-state index in [1.54, 1.807) is 24.2 Å². The second kappa shape index (κ2) is 7.72. The van der Waals surface area contributed by atoms with Gasteiger partial charge in [-0.1, -0.05) is 45.0 Å². The third-order valence-corrected chi connectivity index (χ3v) is 5.21. The molecule has 0 aliphatic heterocycles. The highest BCUT2D eigenvalue weighted by atomic mass is 32.2. The maximum absolute atomic E-state index is 9.39. The molecule has 0 saturated heterocycles. The standard InChI is InChI=1S/C22H21N3S/c1-22(2,3)19-7-4-16(5-8-19)15-26-21-18(14-23)6-9-20(25-21)17-10-12-24-13-11-17/h4-13H,15H2,1-3H3. The number of pyridine rings is 2. The summed E-state index contributed by atoms with van der Waals surface area (Å²) in [6.07, 6.45) is 3.50. The van der Waals surface area contributed by atoms with Crippen molar-refractivity contribution in [2.45, 2.75) is 37.0 Å². The summed E-state index contributed by atoms with van der Waals surface area (Å²) in [5, 5.41) is 10.2. The van der Waals surface area contributed by atoms with Crippen LogP contribution < -0.4 is 0 Å². The van der Waals surface area contributed by atoms with Crippen LogP contribution in [0.15, 0.2) is 66.0 Å². The lowest BCUT2D eigenvalue weighted by Crippen LogP contribution is -2.10. The van der Waals surface area contributed by atoms with Crippen LogP contribution in [-0.2, 0) is 11.2 Å². The van der Waals surface area contributed by atoms with Crippen molar-refractivity contribution < 1.29 is 0 Å². The lowest BCUT2D eigenvalue weighted by molar-refractivity contribution is 0.590. The molecule has 2 aromatic heterocycles. The number of thioether (sulfide) groups is 1. The van der Waals surface area contributed by atoms with E-state index in [1.807, 2.05) is 24.3 Å². The molecule has 0 aliphatic rings. The molecule has 3 rings (SSSR count). The van der Waals surface area contributed by atoms with Crippen molar-refractivity contribution in [3.05, 3.63) is 77.6 Å². The summed E-state index contributed by atoms with van der Waals surface area (Å²) in [5.41, 5.74) is 5.17. The van der Waals surface area contributed by atoms with Gasteiger partial charge in [-0.2, -0.15) is 5.26 Å². The second-order valence-corrected chi connectivity index (χ2v) is 8.10. The predicted molar refractivity (Wildman–Crippen MR) is 107 cm³/mol. The van der Waals surface area contributed by atoms with Crippen LogP contribution in [0, 0.1) is 11.3 Å². The Morgan fingerprint density at radius 3 is 2.27 bits per heavy atom. The van der Waals surface area contributed by atoms with Crippen LogP contribution in [0.1, 0.15) is 37.5 Å². The number of hydrogen-bond donors (Lipinski definition) is 0. The number of nitriles is 1. The van der Waals surface area contributed by atoms with Crippen LogP contribution in [-0.4, -0.2) is 9.97 Å². The minimum Gasteiger partial charge on any atom is -0.265 e. The largest absolute Gasteiger partial charge is 0.265 e. The molecule has 0 spiro atoms. The molecule has 0 saturated carbocycles. The molecule has 26 heavy (non-hydrogen) atoms. The van der Waals surface area contributed by atoms with Crippen molar-refractivity contribution in [1.82, 2.24) is 9.97 Å². The quantitative estimate of drug-likeness (QED) is 0.569. The van der Waals surface area contributed by atoms with E-state index in [-0.39, 0.29) is 5.41 Å². The zero-order chi connectivity index (χ0) is 18.6. The summed E-state index contributed by atoms with van der Waals surface area (Å²) in [7, 11) is 0. The third-order valence-electron chi connectivity index (χ3n) is 4.15. The highest BCUT2D eigenvalue weighted by Gasteiger charge is 2.13. The molecule has 3 nitrogen and oxygen atoms in total. The molecule has 3 aromatic rings. The molecule has 4 heteroatoms. The molecular formula is C22H21N3S. The van der Waals surface area contributed by atoms with Crippen LogP contribution in [0.5, 0.6) is 0 Å². The first-order chi connectivity index (χ1) is 12.5. The van der Waals surface area contributed by atoms with Gasteiger partial charge in [0.15, 0.2) is 0 Å². The van der Waals surface area contributed by atoms with Crippen LogP contribution in [0.2, 0.25) is 0 Å². The van der Waals surface area contributed by atoms with Gasteiger partial charge < -0.3 is 0 Å². The van der Waals surface area contributed by atoms with Crippen molar-refractivity contribution in [2.24, 2.45) is 0 Å². The van der Waals surface area contributed by atoms with Gasteiger partial charge in [-0.05, 0) is 40.8 Å². The molecule has 2 heterocycles. The molecule has 0 radical (unpaired) electrons. The van der Waals surface area contributed by atoms with E-state index in [9.17, 15) is 5.26 Å². The van der Waals surface area contributed by atoms with Gasteiger partial charge in [0.2, 0.25) is 0 Å². The van der Waals surface area contributed by atoms with Crippen LogP contribution in [0.3, 0.4) is 0 Å². The van der Waals surface area contributed by atoms with Crippen molar-refractivity contribution >= 4 is 11.8 Å². The van der Waals surface area contributed by atoms with Gasteiger partial charge in [0.1, 0.15) is 11.1 Å². The Bertz CT molecular complexity index is 920. The zero-order valence-electron chi connectivity index (χ0n) is 15.2. The summed E-state index contributed by atoms with van der Waals surface area (Å²) in [6, 6.07) is 18.5. The minimum atomic E-state index is 0.153. The predicted octanol–water partition coefficient (Wildman–Crippen LogP) is 5.61. The first-order valence-electron chi connectivity index (χ1n) is 8.51. The lowest BCUT2D eigenvalue weighted by atomic mass is 9.87. The average molecular weight is 359 g/mol. The number of hydrogen-bond acceptors (Lipinski definition) is 4. The van der Waals surface area contributed by atoms with Crippen molar-refractivity contribution in [3.8, 4) is 17.3 Å². The first kappa shape index (κ1) is 18.2. The Kier molecular flexibility index (Phi) is 5.39. The van der Waals surface area contributed by atoms with E-state index in [0.717, 1.165) is 22.0 Å². The number of rotatable bonds is 4. The fourth-order valence-corrected chi connectivity index (χ4v) is 3.50. The fraction of sp³-hybridized carbons (Fsp3) is 0.227. The molecule has 0 amide bonds. The minimum absolute atomic E-state index is 0.153. The van der Waals surface area contributed by atoms with Gasteiger partial charge in [0, 0.05) is 23.7 Å². The fourth-order valence-electron chi connectivity index (χ4n) is 2.57. The van der Waals surface area contributed by atoms with E-state index < -0.39 is 0 Å². The molecular weight excluding hydrogens is 338 g/mol. The number of aromatic nitrogens is 2. The first-order valence-corrected chi connectivity index (χ1v) is 9.50. The molecule has 1 aromatic carbocycles. The Labute approximate surface area is 159 Å². The summed E-state index contributed by atoms with van der Waals surface area (Å²) < 4.78 is 0. The van der Waals surface area contributed by atoms with E-state index in [0.29, 0.717) is 5.56 Å². The average Bonchev–Trinajstić information content (AvgIpc) is 2.66. The summed E-state index contributed by atoms with van der Waals surface area (Å²) >= 11 is 1.60. The molecule has 0 atom stereocenters. The van der Waals surface area contributed by atoms with E-state index in [2.05, 4.69) is 56.1 Å². The monoisotopic (exact) mass is 359 g/mol. The van der Waals surface area contributed by atoms with Crippen LogP contribution in [0.25, 0.3) is 11.3 Å². The van der Waals surface area contributed by atoms with Crippen molar-refractivity contribution in [3.63, 3.8) is 0 Å². The van der Waals surface area contributed by atoms with Gasteiger partial charge in [-0.3, -0.25) is 4.98 Å². The highest BCUT2D eigenvalue weighted by Crippen LogP contribution is 2.29. The molecule has 0 aliphatic carbocycles. The maximum Gasteiger partial charge on any atom is 0.115 e. The molecule has 0 N–H and O–H groups in total. The Morgan fingerprint density at radius 1 is 0.962 bits per heavy atom. The summed E-state index contributed by atoms with van der Waals surface area (Å²) in [5.74, 6) is 0.784. The van der Waals surface area contributed by atoms with Gasteiger partial charge in [-0.25, -0.2) is 4.98 Å². The molecule has 130 valence electrons. The SMILES string of the molecule is CC(C)(C)c1ccc(CSc2nc(-c3ccncc3)ccc2C#N)cc1. The Hall–Kier alpha value is -2.64. The maximum atomic E-state index is 9.39. The number of benzene rings is 1. The third kappa shape index (κ3) is 4.30. The Morgan fingerprint density at radius 2 is 1.65 bits per heavy atom. The molecule has 0 bridgehead atoms. The van der Waals surface area contributed by atoms with Crippen LogP contribution >= 0.6 is 11.8 Å². The molecule has 0 unspecified atom stereocenters. The van der Waals surface area contributed by atoms with Gasteiger partial charge >= 0.3 is 0 Å². The smallest absolute Gasteiger partial charge is 0.115 e. The topological polar surface area (TPSA) is 49.6 Å². The van der Waals surface area contributed by atoms with E-state index in [4.69, 9.17) is 4.98 Å². The lowest BCUT2D eigenvalue weighted by Gasteiger charge is -2.19. The Balaban J connectivity index is 1.80. The van der Waals surface area contributed by atoms with E-state index >= 15 is 0 Å². The summed E-state index contributed by atoms with van der Waals surface area (Å²) in [6.45, 7) is 6.64. The molecule has 0 fully saturated rings. The van der Waals surface area contributed by atoms with Gasteiger partial charge in [0.05, 0.1) is 11.3 Å². The number of nitrogens with zero attached hydrogens (tertiary/aromatic N) is 3. The normalized spacial score (nSPS) is 11.2. The van der Waals surface area contributed by atoms with Gasteiger partial charge in [-0.15, -0.1) is 11.8 Å². The van der Waals surface area contributed by atoms with Gasteiger partial charge in [0.25, 0.3) is 0 Å². The highest BCUT2D eigenvalue weighted by molar-refractivity contribution is 7.98. The van der Waals surface area contributed by atoms with Crippen LogP contribution in [0.4, 0.5) is 0 Å².